The standard InChI is InChI=1S/C19H30N4O2/c1-15-14-23(8-7-20-15)18(16-5-4-6-17(13-16)25-3)19(24)22-11-9-21(2)10-12-22/h4-6,13,15,18,20H,7-12,14H2,1-3H3. The summed E-state index contributed by atoms with van der Waals surface area (Å²) < 4.78 is 5.39. The van der Waals surface area contributed by atoms with Gasteiger partial charge in [-0.05, 0) is 31.7 Å². The Morgan fingerprint density at radius 3 is 2.68 bits per heavy atom. The van der Waals surface area contributed by atoms with Crippen molar-refractivity contribution < 1.29 is 9.53 Å². The number of hydrogen-bond acceptors (Lipinski definition) is 5. The monoisotopic (exact) mass is 346 g/mol. The van der Waals surface area contributed by atoms with E-state index in [1.807, 2.05) is 29.2 Å². The van der Waals surface area contributed by atoms with Crippen LogP contribution in [0.5, 0.6) is 5.75 Å². The first kappa shape index (κ1) is 18.2. The van der Waals surface area contributed by atoms with Crippen LogP contribution in [-0.4, -0.2) is 86.6 Å². The van der Waals surface area contributed by atoms with Crippen LogP contribution in [0.3, 0.4) is 0 Å². The lowest BCUT2D eigenvalue weighted by Crippen LogP contribution is -2.55. The fourth-order valence-corrected chi connectivity index (χ4v) is 3.72. The number of methoxy groups -OCH3 is 1. The predicted octanol–water partition coefficient (Wildman–Crippen LogP) is 0.804. The minimum absolute atomic E-state index is 0.218. The molecule has 0 aliphatic carbocycles. The zero-order valence-corrected chi connectivity index (χ0v) is 15.6. The van der Waals surface area contributed by atoms with E-state index in [9.17, 15) is 4.79 Å². The van der Waals surface area contributed by atoms with Gasteiger partial charge in [0.2, 0.25) is 5.91 Å². The Hall–Kier alpha value is -1.63. The molecule has 1 N–H and O–H groups in total. The summed E-state index contributed by atoms with van der Waals surface area (Å²) in [6, 6.07) is 8.12. The summed E-state index contributed by atoms with van der Waals surface area (Å²) in [4.78, 5) is 20.0. The highest BCUT2D eigenvalue weighted by Crippen LogP contribution is 2.27. The number of nitrogens with one attached hydrogen (secondary N) is 1. The number of hydrogen-bond donors (Lipinski definition) is 1. The fourth-order valence-electron chi connectivity index (χ4n) is 3.72. The second kappa shape index (κ2) is 8.17. The number of benzene rings is 1. The van der Waals surface area contributed by atoms with E-state index in [2.05, 4.69) is 29.1 Å². The highest BCUT2D eigenvalue weighted by Gasteiger charge is 2.34. The number of ether oxygens (including phenoxy) is 1. The quantitative estimate of drug-likeness (QED) is 0.874. The zero-order valence-electron chi connectivity index (χ0n) is 15.6. The lowest BCUT2D eigenvalue weighted by molar-refractivity contribution is -0.139. The van der Waals surface area contributed by atoms with Gasteiger partial charge in [-0.2, -0.15) is 0 Å². The first-order valence-electron chi connectivity index (χ1n) is 9.17. The van der Waals surface area contributed by atoms with Gasteiger partial charge in [0, 0.05) is 51.9 Å². The zero-order chi connectivity index (χ0) is 17.8. The van der Waals surface area contributed by atoms with Crippen LogP contribution in [0.4, 0.5) is 0 Å². The van der Waals surface area contributed by atoms with Crippen molar-refractivity contribution in [2.24, 2.45) is 0 Å². The Morgan fingerprint density at radius 2 is 2.00 bits per heavy atom. The summed E-state index contributed by atoms with van der Waals surface area (Å²) in [7, 11) is 3.78. The van der Waals surface area contributed by atoms with Gasteiger partial charge in [0.1, 0.15) is 11.8 Å². The van der Waals surface area contributed by atoms with Gasteiger partial charge in [-0.3, -0.25) is 9.69 Å². The average Bonchev–Trinajstić information content (AvgIpc) is 2.63. The second-order valence-corrected chi connectivity index (χ2v) is 7.16. The Labute approximate surface area is 150 Å². The number of likely N-dealkylation sites (N-methyl/N-ethyl adjacent to an activating group) is 1. The first-order valence-corrected chi connectivity index (χ1v) is 9.17. The van der Waals surface area contributed by atoms with Gasteiger partial charge >= 0.3 is 0 Å². The van der Waals surface area contributed by atoms with Gasteiger partial charge in [0.15, 0.2) is 0 Å². The van der Waals surface area contributed by atoms with Crippen molar-refractivity contribution in [3.63, 3.8) is 0 Å². The third kappa shape index (κ3) is 4.32. The van der Waals surface area contributed by atoms with Crippen molar-refractivity contribution in [2.75, 3.05) is 60.0 Å². The molecule has 1 aromatic rings. The molecule has 2 fully saturated rings. The van der Waals surface area contributed by atoms with E-state index in [1.54, 1.807) is 7.11 Å². The van der Waals surface area contributed by atoms with E-state index < -0.39 is 0 Å². The van der Waals surface area contributed by atoms with Crippen LogP contribution in [-0.2, 0) is 4.79 Å². The predicted molar refractivity (Wildman–Crippen MR) is 98.8 cm³/mol. The molecule has 2 aliphatic rings. The van der Waals surface area contributed by atoms with Gasteiger partial charge in [-0.1, -0.05) is 12.1 Å². The SMILES string of the molecule is COc1cccc(C(C(=O)N2CCN(C)CC2)N2CCNC(C)C2)c1. The topological polar surface area (TPSA) is 48.1 Å². The second-order valence-electron chi connectivity index (χ2n) is 7.16. The Kier molecular flexibility index (Phi) is 5.93. The molecule has 0 bridgehead atoms. The first-order chi connectivity index (χ1) is 12.1. The summed E-state index contributed by atoms with van der Waals surface area (Å²) in [6.07, 6.45) is 0. The molecule has 6 nitrogen and oxygen atoms in total. The van der Waals surface area contributed by atoms with Gasteiger partial charge < -0.3 is 19.9 Å². The van der Waals surface area contributed by atoms with Crippen LogP contribution in [0, 0.1) is 0 Å². The van der Waals surface area contributed by atoms with E-state index in [0.29, 0.717) is 6.04 Å². The summed E-state index contributed by atoms with van der Waals surface area (Å²) in [5, 5.41) is 3.47. The third-order valence-electron chi connectivity index (χ3n) is 5.22. The normalized spacial score (nSPS) is 24.1. The van der Waals surface area contributed by atoms with Crippen LogP contribution in [0.1, 0.15) is 18.5 Å². The molecule has 6 heteroatoms. The summed E-state index contributed by atoms with van der Waals surface area (Å²) in [6.45, 7) is 8.33. The molecule has 138 valence electrons. The van der Waals surface area contributed by atoms with E-state index in [-0.39, 0.29) is 11.9 Å². The van der Waals surface area contributed by atoms with Crippen molar-refractivity contribution in [3.8, 4) is 5.75 Å². The Morgan fingerprint density at radius 1 is 1.24 bits per heavy atom. The molecule has 1 aromatic carbocycles. The summed E-state index contributed by atoms with van der Waals surface area (Å²) in [5.74, 6) is 1.02. The number of carbonyl (C=O) groups excluding carboxylic acids is 1. The molecule has 2 saturated heterocycles. The number of amides is 1. The molecule has 2 unspecified atom stereocenters. The number of carbonyl (C=O) groups is 1. The smallest absolute Gasteiger partial charge is 0.244 e. The highest BCUT2D eigenvalue weighted by atomic mass is 16.5. The molecule has 25 heavy (non-hydrogen) atoms. The fraction of sp³-hybridized carbons (Fsp3) is 0.632. The maximum absolute atomic E-state index is 13.4. The molecule has 2 heterocycles. The van der Waals surface area contributed by atoms with Crippen LogP contribution in [0.2, 0.25) is 0 Å². The lowest BCUT2D eigenvalue weighted by atomic mass is 10.0. The van der Waals surface area contributed by atoms with Gasteiger partial charge in [-0.25, -0.2) is 0 Å². The summed E-state index contributed by atoms with van der Waals surface area (Å²) >= 11 is 0. The van der Waals surface area contributed by atoms with Gasteiger partial charge in [0.25, 0.3) is 0 Å². The van der Waals surface area contributed by atoms with Crippen LogP contribution in [0.15, 0.2) is 24.3 Å². The van der Waals surface area contributed by atoms with E-state index >= 15 is 0 Å². The molecule has 2 aliphatic heterocycles. The van der Waals surface area contributed by atoms with Crippen LogP contribution < -0.4 is 10.1 Å². The molecule has 2 atom stereocenters. The molecule has 0 aromatic heterocycles. The van der Waals surface area contributed by atoms with Crippen molar-refractivity contribution in [1.82, 2.24) is 20.0 Å². The number of nitrogens with zero attached hydrogens (tertiary/aromatic N) is 3. The van der Waals surface area contributed by atoms with Crippen LogP contribution in [0.25, 0.3) is 0 Å². The minimum Gasteiger partial charge on any atom is -0.497 e. The maximum Gasteiger partial charge on any atom is 0.244 e. The maximum atomic E-state index is 13.4. The minimum atomic E-state index is -0.233. The lowest BCUT2D eigenvalue weighted by Gasteiger charge is -2.41. The van der Waals surface area contributed by atoms with Crippen molar-refractivity contribution >= 4 is 5.91 Å². The molecule has 0 spiro atoms. The molecule has 0 saturated carbocycles. The average molecular weight is 346 g/mol. The van der Waals surface area contributed by atoms with Crippen molar-refractivity contribution in [1.29, 1.82) is 0 Å². The molecular formula is C19H30N4O2. The van der Waals surface area contributed by atoms with Gasteiger partial charge in [-0.15, -0.1) is 0 Å². The largest absolute Gasteiger partial charge is 0.497 e. The number of piperazine rings is 2. The molecule has 0 radical (unpaired) electrons. The molecular weight excluding hydrogens is 316 g/mol. The van der Waals surface area contributed by atoms with Crippen molar-refractivity contribution in [3.05, 3.63) is 29.8 Å². The molecule has 3 rings (SSSR count). The Bertz CT molecular complexity index is 587. The third-order valence-corrected chi connectivity index (χ3v) is 5.22. The van der Waals surface area contributed by atoms with Crippen LogP contribution >= 0.6 is 0 Å². The van der Waals surface area contributed by atoms with Crippen molar-refractivity contribution in [2.45, 2.75) is 19.0 Å². The molecule has 1 amide bonds. The number of rotatable bonds is 4. The summed E-state index contributed by atoms with van der Waals surface area (Å²) in [5.41, 5.74) is 1.03. The Balaban J connectivity index is 1.86. The van der Waals surface area contributed by atoms with Gasteiger partial charge in [0.05, 0.1) is 7.11 Å². The highest BCUT2D eigenvalue weighted by molar-refractivity contribution is 5.83. The van der Waals surface area contributed by atoms with E-state index in [1.165, 1.54) is 0 Å². The van der Waals surface area contributed by atoms with E-state index in [4.69, 9.17) is 4.74 Å². The van der Waals surface area contributed by atoms with E-state index in [0.717, 1.165) is 57.1 Å².